The summed E-state index contributed by atoms with van der Waals surface area (Å²) in [5.41, 5.74) is 1.98. The molecule has 1 unspecified atom stereocenters. The summed E-state index contributed by atoms with van der Waals surface area (Å²) in [6.07, 6.45) is 2.01. The predicted octanol–water partition coefficient (Wildman–Crippen LogP) is 3.76. The zero-order valence-corrected chi connectivity index (χ0v) is 14.0. The average molecular weight is 321 g/mol. The Morgan fingerprint density at radius 1 is 1.00 bits per heavy atom. The Balaban J connectivity index is 2.17. The Hall–Kier alpha value is -1.30. The highest BCUT2D eigenvalue weighted by molar-refractivity contribution is 7.98. The Kier molecular flexibility index (Phi) is 5.08. The highest BCUT2D eigenvalue weighted by Gasteiger charge is 2.18. The minimum absolute atomic E-state index is 0.271. The topological polar surface area (TPSA) is 46.2 Å². The minimum Gasteiger partial charge on any atom is -0.207 e. The SMILES string of the molecule is CSc1ccc(C(C)NS(=O)(=O)c2ccc(C)cc2)cc1. The van der Waals surface area contributed by atoms with Crippen LogP contribution in [0.5, 0.6) is 0 Å². The number of hydrogen-bond acceptors (Lipinski definition) is 3. The third-order valence-electron chi connectivity index (χ3n) is 3.28. The molecule has 0 aliphatic rings. The molecule has 0 spiro atoms. The lowest BCUT2D eigenvalue weighted by atomic mass is 10.1. The molecule has 1 atom stereocenters. The number of sulfonamides is 1. The summed E-state index contributed by atoms with van der Waals surface area (Å²) in [5.74, 6) is 0. The van der Waals surface area contributed by atoms with E-state index in [1.807, 2.05) is 44.4 Å². The lowest BCUT2D eigenvalue weighted by molar-refractivity contribution is 0.567. The summed E-state index contributed by atoms with van der Waals surface area (Å²) in [5, 5.41) is 0. The summed E-state index contributed by atoms with van der Waals surface area (Å²) in [4.78, 5) is 1.45. The van der Waals surface area contributed by atoms with Gasteiger partial charge < -0.3 is 0 Å². The standard InChI is InChI=1S/C16H19NO2S2/c1-12-4-10-16(11-5-12)21(18,19)17-13(2)14-6-8-15(20-3)9-7-14/h4-11,13,17H,1-3H3. The van der Waals surface area contributed by atoms with Crippen LogP contribution in [0.25, 0.3) is 0 Å². The van der Waals surface area contributed by atoms with Crippen LogP contribution in [-0.2, 0) is 10.0 Å². The fraction of sp³-hybridized carbons (Fsp3) is 0.250. The van der Waals surface area contributed by atoms with E-state index in [1.54, 1.807) is 36.0 Å². The van der Waals surface area contributed by atoms with Gasteiger partial charge in [0.25, 0.3) is 0 Å². The number of hydrogen-bond donors (Lipinski definition) is 1. The first-order chi connectivity index (χ1) is 9.92. The van der Waals surface area contributed by atoms with Gasteiger partial charge in [0, 0.05) is 10.9 Å². The van der Waals surface area contributed by atoms with Gasteiger partial charge in [-0.25, -0.2) is 13.1 Å². The fourth-order valence-electron chi connectivity index (χ4n) is 1.98. The monoisotopic (exact) mass is 321 g/mol. The fourth-order valence-corrected chi connectivity index (χ4v) is 3.62. The largest absolute Gasteiger partial charge is 0.241 e. The van der Waals surface area contributed by atoms with Crippen molar-refractivity contribution in [2.45, 2.75) is 29.7 Å². The van der Waals surface area contributed by atoms with Gasteiger partial charge in [0.15, 0.2) is 0 Å². The predicted molar refractivity (Wildman–Crippen MR) is 88.1 cm³/mol. The maximum Gasteiger partial charge on any atom is 0.241 e. The van der Waals surface area contributed by atoms with Gasteiger partial charge in [-0.3, -0.25) is 0 Å². The second kappa shape index (κ2) is 6.64. The van der Waals surface area contributed by atoms with Crippen LogP contribution in [0.4, 0.5) is 0 Å². The van der Waals surface area contributed by atoms with Crippen LogP contribution in [0.1, 0.15) is 24.1 Å². The molecule has 0 saturated heterocycles. The summed E-state index contributed by atoms with van der Waals surface area (Å²) in [6, 6.07) is 14.5. The van der Waals surface area contributed by atoms with Gasteiger partial charge in [0.1, 0.15) is 0 Å². The highest BCUT2D eigenvalue weighted by Crippen LogP contribution is 2.21. The average Bonchev–Trinajstić information content (AvgIpc) is 2.47. The summed E-state index contributed by atoms with van der Waals surface area (Å²) < 4.78 is 27.4. The number of benzene rings is 2. The molecule has 3 nitrogen and oxygen atoms in total. The molecule has 2 rings (SSSR count). The van der Waals surface area contributed by atoms with Crippen molar-refractivity contribution < 1.29 is 8.42 Å². The Labute approximate surface area is 130 Å². The van der Waals surface area contributed by atoms with E-state index in [0.717, 1.165) is 16.0 Å². The quantitative estimate of drug-likeness (QED) is 0.853. The van der Waals surface area contributed by atoms with E-state index in [4.69, 9.17) is 0 Å². The third kappa shape index (κ3) is 4.09. The van der Waals surface area contributed by atoms with Crippen molar-refractivity contribution in [3.05, 3.63) is 59.7 Å². The van der Waals surface area contributed by atoms with E-state index >= 15 is 0 Å². The van der Waals surface area contributed by atoms with Crippen molar-refractivity contribution in [1.29, 1.82) is 0 Å². The van der Waals surface area contributed by atoms with Crippen LogP contribution in [-0.4, -0.2) is 14.7 Å². The van der Waals surface area contributed by atoms with Gasteiger partial charge in [0.05, 0.1) is 4.90 Å². The van der Waals surface area contributed by atoms with Crippen molar-refractivity contribution in [3.63, 3.8) is 0 Å². The Morgan fingerprint density at radius 3 is 2.10 bits per heavy atom. The van der Waals surface area contributed by atoms with Crippen molar-refractivity contribution in [3.8, 4) is 0 Å². The first kappa shape index (κ1) is 16.1. The number of thioether (sulfide) groups is 1. The molecule has 0 aliphatic heterocycles. The highest BCUT2D eigenvalue weighted by atomic mass is 32.2. The van der Waals surface area contributed by atoms with Crippen LogP contribution in [0.3, 0.4) is 0 Å². The lowest BCUT2D eigenvalue weighted by Gasteiger charge is -2.15. The van der Waals surface area contributed by atoms with Gasteiger partial charge in [-0.2, -0.15) is 0 Å². The number of aryl methyl sites for hydroxylation is 1. The summed E-state index contributed by atoms with van der Waals surface area (Å²) in [7, 11) is -3.50. The maximum atomic E-state index is 12.3. The van der Waals surface area contributed by atoms with Crippen LogP contribution in [0, 0.1) is 6.92 Å². The molecule has 0 fully saturated rings. The first-order valence-electron chi connectivity index (χ1n) is 6.65. The van der Waals surface area contributed by atoms with Crippen molar-refractivity contribution in [2.75, 3.05) is 6.26 Å². The second-order valence-electron chi connectivity index (χ2n) is 4.93. The molecule has 0 radical (unpaired) electrons. The minimum atomic E-state index is -3.50. The van der Waals surface area contributed by atoms with E-state index in [0.29, 0.717) is 4.90 Å². The Bertz CT molecular complexity index is 692. The smallest absolute Gasteiger partial charge is 0.207 e. The molecular formula is C16H19NO2S2. The van der Waals surface area contributed by atoms with Crippen LogP contribution < -0.4 is 4.72 Å². The van der Waals surface area contributed by atoms with Crippen LogP contribution >= 0.6 is 11.8 Å². The van der Waals surface area contributed by atoms with Gasteiger partial charge in [-0.05, 0) is 49.9 Å². The number of rotatable bonds is 5. The van der Waals surface area contributed by atoms with E-state index < -0.39 is 10.0 Å². The third-order valence-corrected chi connectivity index (χ3v) is 5.58. The van der Waals surface area contributed by atoms with E-state index in [9.17, 15) is 8.42 Å². The number of nitrogens with one attached hydrogen (secondary N) is 1. The molecule has 2 aromatic carbocycles. The van der Waals surface area contributed by atoms with E-state index in [2.05, 4.69) is 4.72 Å². The Morgan fingerprint density at radius 2 is 1.57 bits per heavy atom. The summed E-state index contributed by atoms with van der Waals surface area (Å²) >= 11 is 1.66. The van der Waals surface area contributed by atoms with Gasteiger partial charge >= 0.3 is 0 Å². The second-order valence-corrected chi connectivity index (χ2v) is 7.52. The molecule has 0 amide bonds. The van der Waals surface area contributed by atoms with E-state index in [1.165, 1.54) is 0 Å². The maximum absolute atomic E-state index is 12.3. The van der Waals surface area contributed by atoms with Crippen molar-refractivity contribution in [1.82, 2.24) is 4.72 Å². The van der Waals surface area contributed by atoms with Gasteiger partial charge in [-0.15, -0.1) is 11.8 Å². The molecule has 112 valence electrons. The normalized spacial score (nSPS) is 13.1. The van der Waals surface area contributed by atoms with Gasteiger partial charge in [-0.1, -0.05) is 29.8 Å². The molecule has 2 aromatic rings. The van der Waals surface area contributed by atoms with Crippen molar-refractivity contribution in [2.24, 2.45) is 0 Å². The van der Waals surface area contributed by atoms with Crippen LogP contribution in [0.15, 0.2) is 58.3 Å². The summed E-state index contributed by atoms with van der Waals surface area (Å²) in [6.45, 7) is 3.78. The molecule has 0 saturated carbocycles. The lowest BCUT2D eigenvalue weighted by Crippen LogP contribution is -2.26. The molecule has 0 bridgehead atoms. The molecular weight excluding hydrogens is 302 g/mol. The van der Waals surface area contributed by atoms with Gasteiger partial charge in [0.2, 0.25) is 10.0 Å². The zero-order chi connectivity index (χ0) is 15.5. The zero-order valence-electron chi connectivity index (χ0n) is 12.3. The molecule has 0 heterocycles. The molecule has 0 aliphatic carbocycles. The van der Waals surface area contributed by atoms with Crippen LogP contribution in [0.2, 0.25) is 0 Å². The molecule has 21 heavy (non-hydrogen) atoms. The van der Waals surface area contributed by atoms with E-state index in [-0.39, 0.29) is 6.04 Å². The molecule has 0 aromatic heterocycles. The molecule has 1 N–H and O–H groups in total. The molecule has 5 heteroatoms. The van der Waals surface area contributed by atoms with Crippen molar-refractivity contribution >= 4 is 21.8 Å². The first-order valence-corrected chi connectivity index (χ1v) is 9.36.